The number of hydrogen-bond acceptors (Lipinski definition) is 5. The number of rotatable bonds is 5. The summed E-state index contributed by atoms with van der Waals surface area (Å²) < 4.78 is 21.2. The minimum atomic E-state index is -0.676. The van der Waals surface area contributed by atoms with E-state index in [4.69, 9.17) is 10.1 Å². The average molecular weight is 479 g/mol. The van der Waals surface area contributed by atoms with Crippen LogP contribution in [0.2, 0.25) is 0 Å². The van der Waals surface area contributed by atoms with Gasteiger partial charge in [0.05, 0.1) is 18.6 Å². The summed E-state index contributed by atoms with van der Waals surface area (Å²) in [6.07, 6.45) is 6.72. The predicted molar refractivity (Wildman–Crippen MR) is 134 cm³/mol. The molecule has 0 aromatic heterocycles. The molecule has 0 bridgehead atoms. The van der Waals surface area contributed by atoms with Crippen LogP contribution >= 0.6 is 0 Å². The van der Waals surface area contributed by atoms with E-state index in [2.05, 4.69) is 12.2 Å². The summed E-state index contributed by atoms with van der Waals surface area (Å²) in [4.78, 5) is 12.8. The first-order valence-electron chi connectivity index (χ1n) is 12.7. The highest BCUT2D eigenvalue weighted by Gasteiger charge is 2.63. The second kappa shape index (κ2) is 8.74. The van der Waals surface area contributed by atoms with Gasteiger partial charge in [-0.1, -0.05) is 32.0 Å². The first-order chi connectivity index (χ1) is 16.7. The number of para-hydroxylation sites is 1. The fraction of sp³-hybridized carbons (Fsp3) is 0.517. The lowest BCUT2D eigenvalue weighted by molar-refractivity contribution is -0.158. The maximum absolute atomic E-state index is 15.9. The molecule has 4 aliphatic carbocycles. The zero-order valence-electron chi connectivity index (χ0n) is 20.7. The molecule has 0 saturated heterocycles. The van der Waals surface area contributed by atoms with Gasteiger partial charge in [0.15, 0.2) is 0 Å². The van der Waals surface area contributed by atoms with Gasteiger partial charge in [-0.25, -0.2) is 4.39 Å². The Morgan fingerprint density at radius 2 is 2.03 bits per heavy atom. The molecule has 35 heavy (non-hydrogen) atoms. The van der Waals surface area contributed by atoms with E-state index in [1.807, 2.05) is 50.3 Å². The smallest absolute Gasteiger partial charge is 0.309 e. The zero-order valence-corrected chi connectivity index (χ0v) is 20.7. The maximum Gasteiger partial charge on any atom is 0.309 e. The van der Waals surface area contributed by atoms with Crippen LogP contribution < -0.4 is 5.32 Å². The summed E-state index contributed by atoms with van der Waals surface area (Å²) >= 11 is 0. The van der Waals surface area contributed by atoms with Crippen LogP contribution in [0.25, 0.3) is 0 Å². The van der Waals surface area contributed by atoms with Gasteiger partial charge in [-0.05, 0) is 85.3 Å². The molecule has 5 nitrogen and oxygen atoms in total. The number of allylic oxidation sites excluding steroid dienone is 5. The molecule has 2 saturated carbocycles. The number of carbonyl (C=O) groups is 1. The number of nitrogens with one attached hydrogen (secondary N) is 2. The van der Waals surface area contributed by atoms with Crippen molar-refractivity contribution in [3.05, 3.63) is 65.2 Å². The van der Waals surface area contributed by atoms with E-state index in [9.17, 15) is 9.90 Å². The van der Waals surface area contributed by atoms with Gasteiger partial charge in [0, 0.05) is 28.9 Å². The summed E-state index contributed by atoms with van der Waals surface area (Å²) in [5.41, 5.74) is 1.93. The Morgan fingerprint density at radius 1 is 1.29 bits per heavy atom. The van der Waals surface area contributed by atoms with Crippen LogP contribution in [0.1, 0.15) is 46.5 Å². The number of carbonyl (C=O) groups excluding carboxylic acids is 1. The van der Waals surface area contributed by atoms with Crippen molar-refractivity contribution < 1.29 is 19.0 Å². The van der Waals surface area contributed by atoms with Crippen LogP contribution in [-0.4, -0.2) is 30.0 Å². The third kappa shape index (κ3) is 3.68. The number of esters is 1. The molecule has 0 heterocycles. The highest BCUT2D eigenvalue weighted by molar-refractivity contribution is 5.81. The van der Waals surface area contributed by atoms with Crippen molar-refractivity contribution in [2.75, 3.05) is 11.9 Å². The minimum Gasteiger partial charge on any atom is -0.466 e. The Hall–Kier alpha value is -2.73. The Kier molecular flexibility index (Phi) is 5.99. The van der Waals surface area contributed by atoms with Crippen LogP contribution in [-0.2, 0) is 9.53 Å². The topological polar surface area (TPSA) is 82.4 Å². The molecule has 186 valence electrons. The summed E-state index contributed by atoms with van der Waals surface area (Å²) in [5, 5.41) is 23.0. The third-order valence-electron chi connectivity index (χ3n) is 9.29. The number of fused-ring (bicyclic) bond motifs is 5. The van der Waals surface area contributed by atoms with Gasteiger partial charge in [0.2, 0.25) is 0 Å². The zero-order chi connectivity index (χ0) is 25.0. The molecule has 0 aliphatic heterocycles. The Bertz CT molecular complexity index is 1130. The average Bonchev–Trinajstić information content (AvgIpc) is 3.16. The lowest BCUT2D eigenvalue weighted by Gasteiger charge is -2.57. The Labute approximate surface area is 206 Å². The molecule has 0 amide bonds. The summed E-state index contributed by atoms with van der Waals surface area (Å²) in [6.45, 7) is 6.26. The summed E-state index contributed by atoms with van der Waals surface area (Å²) in [6, 6.07) is 9.68. The first-order valence-corrected chi connectivity index (χ1v) is 12.7. The molecule has 0 radical (unpaired) electrons. The molecule has 1 aromatic rings. The molecule has 0 spiro atoms. The second-order valence-corrected chi connectivity index (χ2v) is 11.1. The molecular formula is C29H35FN2O3. The van der Waals surface area contributed by atoms with E-state index in [1.165, 1.54) is 6.21 Å². The van der Waals surface area contributed by atoms with Crippen LogP contribution in [0.5, 0.6) is 0 Å². The number of anilines is 1. The fourth-order valence-electron chi connectivity index (χ4n) is 7.78. The minimum absolute atomic E-state index is 0.102. The SMILES string of the molecule is CCOC(=O)C1CCC2C3C=C(F)C4=CC(Nc5ccccc5)=C(C=N)CC4(C)C3C(O)CC12C. The van der Waals surface area contributed by atoms with Gasteiger partial charge in [0.25, 0.3) is 0 Å². The Balaban J connectivity index is 1.53. The van der Waals surface area contributed by atoms with Crippen LogP contribution in [0.4, 0.5) is 10.1 Å². The molecule has 2 fully saturated rings. The molecule has 7 unspecified atom stereocenters. The van der Waals surface area contributed by atoms with Crippen LogP contribution in [0, 0.1) is 39.9 Å². The van der Waals surface area contributed by atoms with Gasteiger partial charge in [-0.15, -0.1) is 0 Å². The van der Waals surface area contributed by atoms with Crippen molar-refractivity contribution in [2.45, 2.75) is 52.6 Å². The number of aliphatic hydroxyl groups is 1. The van der Waals surface area contributed by atoms with Crippen molar-refractivity contribution >= 4 is 17.9 Å². The second-order valence-electron chi connectivity index (χ2n) is 11.1. The van der Waals surface area contributed by atoms with Gasteiger partial charge in [-0.3, -0.25) is 4.79 Å². The molecule has 1 aromatic carbocycles. The number of halogens is 1. The van der Waals surface area contributed by atoms with Gasteiger partial charge >= 0.3 is 5.97 Å². The first kappa shape index (κ1) is 24.0. The van der Waals surface area contributed by atoms with Gasteiger partial charge < -0.3 is 20.6 Å². The highest BCUT2D eigenvalue weighted by atomic mass is 19.1. The highest BCUT2D eigenvalue weighted by Crippen LogP contribution is 2.66. The van der Waals surface area contributed by atoms with E-state index < -0.39 is 16.9 Å². The summed E-state index contributed by atoms with van der Waals surface area (Å²) in [5.74, 6) is -0.957. The third-order valence-corrected chi connectivity index (χ3v) is 9.29. The number of benzene rings is 1. The predicted octanol–water partition coefficient (Wildman–Crippen LogP) is 5.80. The van der Waals surface area contributed by atoms with Crippen molar-refractivity contribution in [1.29, 1.82) is 5.41 Å². The molecular weight excluding hydrogens is 443 g/mol. The maximum atomic E-state index is 15.9. The van der Waals surface area contributed by atoms with Gasteiger partial charge in [0.1, 0.15) is 5.83 Å². The van der Waals surface area contributed by atoms with E-state index in [1.54, 1.807) is 6.08 Å². The summed E-state index contributed by atoms with van der Waals surface area (Å²) in [7, 11) is 0. The van der Waals surface area contributed by atoms with Crippen molar-refractivity contribution in [3.63, 3.8) is 0 Å². The number of ether oxygens (including phenoxy) is 1. The van der Waals surface area contributed by atoms with Crippen molar-refractivity contribution in [2.24, 2.45) is 34.5 Å². The van der Waals surface area contributed by atoms with Gasteiger partial charge in [-0.2, -0.15) is 0 Å². The van der Waals surface area contributed by atoms with E-state index in [0.29, 0.717) is 31.4 Å². The fourth-order valence-corrected chi connectivity index (χ4v) is 7.78. The molecule has 3 N–H and O–H groups in total. The standard InChI is InChI=1S/C29H35FN2O3/c1-4-35-27(34)21-11-10-20-19-12-23(30)22-13-24(32-18-8-6-5-7-9-18)17(16-31)14-29(22,3)26(19)25(33)15-28(20,21)2/h5-9,12-13,16,19-21,25-26,31-33H,4,10-11,14-15H2,1-3H3. The molecule has 4 aliphatic rings. The lowest BCUT2D eigenvalue weighted by Crippen LogP contribution is -2.56. The number of hydrogen-bond donors (Lipinski definition) is 3. The van der Waals surface area contributed by atoms with Crippen LogP contribution in [0.3, 0.4) is 0 Å². The lowest BCUT2D eigenvalue weighted by atomic mass is 9.47. The van der Waals surface area contributed by atoms with E-state index in [0.717, 1.165) is 23.4 Å². The van der Waals surface area contributed by atoms with E-state index in [-0.39, 0.29) is 35.5 Å². The quantitative estimate of drug-likeness (QED) is 0.369. The largest absolute Gasteiger partial charge is 0.466 e. The Morgan fingerprint density at radius 3 is 2.71 bits per heavy atom. The van der Waals surface area contributed by atoms with Crippen molar-refractivity contribution in [3.8, 4) is 0 Å². The number of aliphatic hydroxyl groups excluding tert-OH is 1. The van der Waals surface area contributed by atoms with E-state index >= 15 is 4.39 Å². The van der Waals surface area contributed by atoms with Crippen molar-refractivity contribution in [1.82, 2.24) is 0 Å². The molecule has 6 heteroatoms. The van der Waals surface area contributed by atoms with Crippen LogP contribution in [0.15, 0.2) is 65.2 Å². The monoisotopic (exact) mass is 478 g/mol. The normalized spacial score (nSPS) is 37.9. The molecule has 5 rings (SSSR count). The molecule has 7 atom stereocenters.